The van der Waals surface area contributed by atoms with E-state index in [-0.39, 0.29) is 17.9 Å². The first-order valence-corrected chi connectivity index (χ1v) is 7.94. The summed E-state index contributed by atoms with van der Waals surface area (Å²) in [4.78, 5) is 25.6. The van der Waals surface area contributed by atoms with Crippen LogP contribution in [-0.4, -0.2) is 41.0 Å². The van der Waals surface area contributed by atoms with Crippen LogP contribution < -0.4 is 5.32 Å². The molecule has 1 atom stereocenters. The van der Waals surface area contributed by atoms with Crippen molar-refractivity contribution in [1.82, 2.24) is 15.4 Å². The van der Waals surface area contributed by atoms with Gasteiger partial charge in [-0.3, -0.25) is 9.59 Å². The van der Waals surface area contributed by atoms with Crippen LogP contribution in [0.3, 0.4) is 0 Å². The van der Waals surface area contributed by atoms with Crippen LogP contribution in [0.5, 0.6) is 0 Å². The maximum atomic E-state index is 12.6. The van der Waals surface area contributed by atoms with Crippen LogP contribution in [0.2, 0.25) is 0 Å². The first kappa shape index (κ1) is 16.5. The van der Waals surface area contributed by atoms with Gasteiger partial charge >= 0.3 is 0 Å². The van der Waals surface area contributed by atoms with Crippen LogP contribution in [0.1, 0.15) is 49.6 Å². The molecule has 0 radical (unpaired) electrons. The van der Waals surface area contributed by atoms with Crippen molar-refractivity contribution in [3.63, 3.8) is 0 Å². The highest BCUT2D eigenvalue weighted by Crippen LogP contribution is 2.22. The quantitative estimate of drug-likeness (QED) is 0.899. The average molecular weight is 307 g/mol. The van der Waals surface area contributed by atoms with Gasteiger partial charge in [0.1, 0.15) is 5.76 Å². The van der Waals surface area contributed by atoms with Crippen molar-refractivity contribution >= 4 is 11.8 Å². The number of nitrogens with one attached hydrogen (secondary N) is 1. The number of hydrogen-bond acceptors (Lipinski definition) is 4. The lowest BCUT2D eigenvalue weighted by Crippen LogP contribution is -2.45. The molecule has 22 heavy (non-hydrogen) atoms. The van der Waals surface area contributed by atoms with Crippen molar-refractivity contribution < 1.29 is 14.1 Å². The van der Waals surface area contributed by atoms with E-state index in [0.717, 1.165) is 49.2 Å². The molecule has 1 saturated heterocycles. The Hall–Kier alpha value is -1.85. The SMILES string of the molecule is CC(=O)NCC[C@@H]1CCCCN1C(=O)Cc1c(C)noc1C. The summed E-state index contributed by atoms with van der Waals surface area (Å²) < 4.78 is 5.13. The number of carbonyl (C=O) groups excluding carboxylic acids is 2. The fourth-order valence-corrected chi connectivity index (χ4v) is 3.05. The Morgan fingerprint density at radius 2 is 2.14 bits per heavy atom. The van der Waals surface area contributed by atoms with Gasteiger partial charge in [0.15, 0.2) is 0 Å². The summed E-state index contributed by atoms with van der Waals surface area (Å²) in [5.41, 5.74) is 1.69. The minimum atomic E-state index is -0.0237. The molecule has 1 aliphatic heterocycles. The molecule has 1 aliphatic rings. The maximum absolute atomic E-state index is 12.6. The smallest absolute Gasteiger partial charge is 0.227 e. The number of aryl methyl sites for hydroxylation is 2. The Morgan fingerprint density at radius 1 is 1.36 bits per heavy atom. The van der Waals surface area contributed by atoms with Gasteiger partial charge in [0, 0.05) is 31.6 Å². The summed E-state index contributed by atoms with van der Waals surface area (Å²) in [6.45, 7) is 6.64. The minimum Gasteiger partial charge on any atom is -0.361 e. The number of amides is 2. The Labute approximate surface area is 131 Å². The van der Waals surface area contributed by atoms with Gasteiger partial charge in [-0.2, -0.15) is 0 Å². The number of rotatable bonds is 5. The van der Waals surface area contributed by atoms with Crippen molar-refractivity contribution in [2.24, 2.45) is 0 Å². The van der Waals surface area contributed by atoms with Crippen LogP contribution in [0.15, 0.2) is 4.52 Å². The normalized spacial score (nSPS) is 18.3. The van der Waals surface area contributed by atoms with E-state index >= 15 is 0 Å². The predicted octanol–water partition coefficient (Wildman–Crippen LogP) is 1.74. The van der Waals surface area contributed by atoms with Crippen molar-refractivity contribution in [2.45, 2.75) is 58.9 Å². The molecule has 0 spiro atoms. The number of aromatic nitrogens is 1. The van der Waals surface area contributed by atoms with Gasteiger partial charge in [0.25, 0.3) is 0 Å². The highest BCUT2D eigenvalue weighted by molar-refractivity contribution is 5.79. The zero-order valence-corrected chi connectivity index (χ0v) is 13.6. The minimum absolute atomic E-state index is 0.0237. The summed E-state index contributed by atoms with van der Waals surface area (Å²) in [5.74, 6) is 0.823. The third-order valence-corrected chi connectivity index (χ3v) is 4.31. The summed E-state index contributed by atoms with van der Waals surface area (Å²) in [5, 5.41) is 6.72. The molecule has 6 heteroatoms. The number of piperidine rings is 1. The standard InChI is InChI=1S/C16H25N3O3/c1-11-15(12(2)22-18-11)10-16(21)19-9-5-4-6-14(19)7-8-17-13(3)20/h14H,4-10H2,1-3H3,(H,17,20)/t14-/m0/s1. The Bertz CT molecular complexity index is 519. The molecule has 0 saturated carbocycles. The molecule has 2 amide bonds. The number of nitrogens with zero attached hydrogens (tertiary/aromatic N) is 2. The van der Waals surface area contributed by atoms with Gasteiger partial charge in [-0.25, -0.2) is 0 Å². The third-order valence-electron chi connectivity index (χ3n) is 4.31. The van der Waals surface area contributed by atoms with Crippen LogP contribution >= 0.6 is 0 Å². The van der Waals surface area contributed by atoms with Crippen molar-refractivity contribution in [1.29, 1.82) is 0 Å². The van der Waals surface area contributed by atoms with Crippen molar-refractivity contribution in [3.8, 4) is 0 Å². The Morgan fingerprint density at radius 3 is 2.77 bits per heavy atom. The highest BCUT2D eigenvalue weighted by atomic mass is 16.5. The fraction of sp³-hybridized carbons (Fsp3) is 0.688. The molecule has 0 aromatic carbocycles. The summed E-state index contributed by atoms with van der Waals surface area (Å²) in [6, 6.07) is 0.216. The van der Waals surface area contributed by atoms with E-state index in [1.807, 2.05) is 18.7 Å². The second kappa shape index (κ2) is 7.42. The molecule has 0 unspecified atom stereocenters. The molecule has 1 aromatic heterocycles. The lowest BCUT2D eigenvalue weighted by Gasteiger charge is -2.36. The van der Waals surface area contributed by atoms with Gasteiger partial charge in [-0.15, -0.1) is 0 Å². The topological polar surface area (TPSA) is 75.4 Å². The molecule has 0 bridgehead atoms. The molecule has 1 aromatic rings. The van der Waals surface area contributed by atoms with Crippen molar-refractivity contribution in [3.05, 3.63) is 17.0 Å². The molecule has 2 heterocycles. The first-order chi connectivity index (χ1) is 10.5. The second-order valence-corrected chi connectivity index (χ2v) is 5.99. The number of likely N-dealkylation sites (tertiary alicyclic amines) is 1. The van der Waals surface area contributed by atoms with Crippen LogP contribution in [0.25, 0.3) is 0 Å². The maximum Gasteiger partial charge on any atom is 0.227 e. The van der Waals surface area contributed by atoms with E-state index in [9.17, 15) is 9.59 Å². The fourth-order valence-electron chi connectivity index (χ4n) is 3.05. The van der Waals surface area contributed by atoms with Crippen LogP contribution in [0, 0.1) is 13.8 Å². The summed E-state index contributed by atoms with van der Waals surface area (Å²) >= 11 is 0. The molecular formula is C16H25N3O3. The number of carbonyl (C=O) groups is 2. The summed E-state index contributed by atoms with van der Waals surface area (Å²) in [7, 11) is 0. The molecule has 122 valence electrons. The van der Waals surface area contributed by atoms with Gasteiger partial charge in [-0.05, 0) is 39.5 Å². The van der Waals surface area contributed by atoms with E-state index in [2.05, 4.69) is 10.5 Å². The zero-order chi connectivity index (χ0) is 16.1. The Balaban J connectivity index is 1.97. The lowest BCUT2D eigenvalue weighted by molar-refractivity contribution is -0.134. The Kier molecular flexibility index (Phi) is 5.57. The summed E-state index contributed by atoms with van der Waals surface area (Å²) in [6.07, 6.45) is 4.35. The third kappa shape index (κ3) is 4.08. The second-order valence-electron chi connectivity index (χ2n) is 5.99. The van der Waals surface area contributed by atoms with Gasteiger partial charge in [0.05, 0.1) is 12.1 Å². The van der Waals surface area contributed by atoms with E-state index in [1.165, 1.54) is 6.92 Å². The van der Waals surface area contributed by atoms with Gasteiger partial charge in [-0.1, -0.05) is 5.16 Å². The first-order valence-electron chi connectivity index (χ1n) is 7.94. The molecule has 1 N–H and O–H groups in total. The van der Waals surface area contributed by atoms with Crippen LogP contribution in [-0.2, 0) is 16.0 Å². The van der Waals surface area contributed by atoms with Crippen LogP contribution in [0.4, 0.5) is 0 Å². The largest absolute Gasteiger partial charge is 0.361 e. The number of hydrogen-bond donors (Lipinski definition) is 1. The van der Waals surface area contributed by atoms with E-state index in [4.69, 9.17) is 4.52 Å². The average Bonchev–Trinajstić information content (AvgIpc) is 2.79. The molecule has 0 aliphatic carbocycles. The zero-order valence-electron chi connectivity index (χ0n) is 13.6. The van der Waals surface area contributed by atoms with Crippen molar-refractivity contribution in [2.75, 3.05) is 13.1 Å². The monoisotopic (exact) mass is 307 g/mol. The highest BCUT2D eigenvalue weighted by Gasteiger charge is 2.27. The molecular weight excluding hydrogens is 282 g/mol. The van der Waals surface area contributed by atoms with E-state index < -0.39 is 0 Å². The molecule has 6 nitrogen and oxygen atoms in total. The molecule has 1 fully saturated rings. The molecule has 2 rings (SSSR count). The predicted molar refractivity (Wildman–Crippen MR) is 82.3 cm³/mol. The van der Waals surface area contributed by atoms with E-state index in [0.29, 0.717) is 13.0 Å². The van der Waals surface area contributed by atoms with Gasteiger partial charge in [0.2, 0.25) is 11.8 Å². The van der Waals surface area contributed by atoms with Gasteiger partial charge < -0.3 is 14.7 Å². The van der Waals surface area contributed by atoms with E-state index in [1.54, 1.807) is 0 Å². The lowest BCUT2D eigenvalue weighted by atomic mass is 9.98.